The highest BCUT2D eigenvalue weighted by Crippen LogP contribution is 2.28. The molecule has 0 aliphatic heterocycles. The van der Waals surface area contributed by atoms with Crippen molar-refractivity contribution in [3.8, 4) is 0 Å². The Morgan fingerprint density at radius 3 is 2.31 bits per heavy atom. The van der Waals surface area contributed by atoms with Crippen LogP contribution in [0.15, 0.2) is 30.8 Å². The van der Waals surface area contributed by atoms with Crippen molar-refractivity contribution in [1.29, 1.82) is 0 Å². The summed E-state index contributed by atoms with van der Waals surface area (Å²) < 4.78 is 10.4. The van der Waals surface area contributed by atoms with Gasteiger partial charge >= 0.3 is 12.1 Å². The summed E-state index contributed by atoms with van der Waals surface area (Å²) in [6.07, 6.45) is 1.90. The Hall–Kier alpha value is -3.36. The number of nitrogens with one attached hydrogen (secondary N) is 2. The maximum Gasteiger partial charge on any atom is 0.408 e. The molecule has 1 rings (SSSR count). The fraction of sp³-hybridized carbons (Fsp3) is 0.600. The van der Waals surface area contributed by atoms with Gasteiger partial charge in [0.2, 0.25) is 11.8 Å². The molecule has 9 nitrogen and oxygen atoms in total. The summed E-state index contributed by atoms with van der Waals surface area (Å²) in [5.41, 5.74) is 0.646. The van der Waals surface area contributed by atoms with Crippen molar-refractivity contribution in [3.05, 3.63) is 42.0 Å². The maximum absolute atomic E-state index is 14.2. The lowest BCUT2D eigenvalue weighted by atomic mass is 9.96. The van der Waals surface area contributed by atoms with Crippen molar-refractivity contribution in [1.82, 2.24) is 15.5 Å². The van der Waals surface area contributed by atoms with E-state index in [-0.39, 0.29) is 31.5 Å². The molecule has 9 heteroatoms. The van der Waals surface area contributed by atoms with Crippen LogP contribution in [0.25, 0.3) is 6.08 Å². The summed E-state index contributed by atoms with van der Waals surface area (Å²) in [5, 5.41) is 5.55. The first-order chi connectivity index (χ1) is 18.2. The van der Waals surface area contributed by atoms with Crippen molar-refractivity contribution in [2.24, 2.45) is 5.92 Å². The van der Waals surface area contributed by atoms with Crippen LogP contribution in [0.5, 0.6) is 0 Å². The predicted molar refractivity (Wildman–Crippen MR) is 153 cm³/mol. The van der Waals surface area contributed by atoms with Gasteiger partial charge in [0.1, 0.15) is 17.7 Å². The molecule has 0 bridgehead atoms. The molecular weight excluding hydrogens is 498 g/mol. The van der Waals surface area contributed by atoms with Crippen LogP contribution in [0.2, 0.25) is 0 Å². The lowest BCUT2D eigenvalue weighted by Gasteiger charge is -2.38. The zero-order valence-electron chi connectivity index (χ0n) is 24.8. The van der Waals surface area contributed by atoms with E-state index in [4.69, 9.17) is 9.47 Å². The molecule has 0 fully saturated rings. The van der Waals surface area contributed by atoms with Crippen molar-refractivity contribution in [2.75, 3.05) is 13.2 Å². The molecule has 0 heterocycles. The largest absolute Gasteiger partial charge is 0.466 e. The number of carbonyl (C=O) groups is 4. The van der Waals surface area contributed by atoms with Crippen LogP contribution in [0.1, 0.15) is 91.8 Å². The molecule has 3 atom stereocenters. The summed E-state index contributed by atoms with van der Waals surface area (Å²) in [6, 6.07) is 4.98. The van der Waals surface area contributed by atoms with Crippen LogP contribution in [0, 0.1) is 5.92 Å². The second-order valence-electron chi connectivity index (χ2n) is 11.0. The molecule has 0 aliphatic carbocycles. The Balaban J connectivity index is 3.50. The van der Waals surface area contributed by atoms with Crippen LogP contribution in [0.3, 0.4) is 0 Å². The van der Waals surface area contributed by atoms with Gasteiger partial charge in [0.15, 0.2) is 0 Å². The monoisotopic (exact) mass is 545 g/mol. The Morgan fingerprint density at radius 1 is 1.10 bits per heavy atom. The van der Waals surface area contributed by atoms with Crippen molar-refractivity contribution >= 4 is 30.0 Å². The SMILES string of the molecule is C=Cc1cccc(C(C(=O)NCCC(=O)OCC)N(C(=O)C(CC(C)C)NC(=O)OC(C)(C)C)C(C)CC)c1. The molecule has 0 saturated heterocycles. The topological polar surface area (TPSA) is 114 Å². The Morgan fingerprint density at radius 2 is 1.77 bits per heavy atom. The molecule has 0 aromatic heterocycles. The van der Waals surface area contributed by atoms with Gasteiger partial charge in [-0.05, 0) is 70.6 Å². The van der Waals surface area contributed by atoms with Crippen LogP contribution in [-0.4, -0.2) is 59.6 Å². The lowest BCUT2D eigenvalue weighted by Crippen LogP contribution is -2.55. The van der Waals surface area contributed by atoms with Gasteiger partial charge in [-0.15, -0.1) is 0 Å². The van der Waals surface area contributed by atoms with Crippen LogP contribution in [-0.2, 0) is 23.9 Å². The van der Waals surface area contributed by atoms with Gasteiger partial charge in [-0.2, -0.15) is 0 Å². The summed E-state index contributed by atoms with van der Waals surface area (Å²) in [4.78, 5) is 54.0. The van der Waals surface area contributed by atoms with E-state index in [0.717, 1.165) is 5.56 Å². The molecule has 39 heavy (non-hydrogen) atoms. The number of esters is 1. The fourth-order valence-electron chi connectivity index (χ4n) is 4.03. The number of ether oxygens (including phenoxy) is 2. The first kappa shape index (κ1) is 33.7. The summed E-state index contributed by atoms with van der Waals surface area (Å²) >= 11 is 0. The lowest BCUT2D eigenvalue weighted by molar-refractivity contribution is -0.146. The van der Waals surface area contributed by atoms with Gasteiger partial charge in [-0.25, -0.2) is 4.79 Å². The molecular formula is C30H47N3O6. The smallest absolute Gasteiger partial charge is 0.408 e. The zero-order valence-corrected chi connectivity index (χ0v) is 24.8. The number of alkyl carbamates (subject to hydrolysis) is 1. The fourth-order valence-corrected chi connectivity index (χ4v) is 4.03. The minimum absolute atomic E-state index is 0.00640. The third kappa shape index (κ3) is 11.5. The van der Waals surface area contributed by atoms with Crippen LogP contribution < -0.4 is 10.6 Å². The standard InChI is InChI=1S/C30H47N3O6/c1-10-21(6)33(28(36)24(18-20(4)5)32-29(37)39-30(7,8)9)26(23-15-13-14-22(11-2)19-23)27(35)31-17-16-25(34)38-12-3/h11,13-15,19-21,24,26H,2,10,12,16-18H2,1,3-9H3,(H,31,35)(H,32,37). The Bertz CT molecular complexity index is 985. The normalized spacial score (nSPS) is 13.6. The molecule has 218 valence electrons. The quantitative estimate of drug-likeness (QED) is 0.318. The third-order valence-corrected chi connectivity index (χ3v) is 5.94. The van der Waals surface area contributed by atoms with Crippen LogP contribution >= 0.6 is 0 Å². The van der Waals surface area contributed by atoms with E-state index in [1.165, 1.54) is 4.90 Å². The second kappa shape index (κ2) is 15.9. The molecule has 1 aromatic carbocycles. The second-order valence-corrected chi connectivity index (χ2v) is 11.0. The summed E-state index contributed by atoms with van der Waals surface area (Å²) in [6.45, 7) is 18.8. The van der Waals surface area contributed by atoms with E-state index < -0.39 is 41.6 Å². The predicted octanol–water partition coefficient (Wildman–Crippen LogP) is 5.01. The average molecular weight is 546 g/mol. The number of benzene rings is 1. The van der Waals surface area contributed by atoms with Gasteiger partial charge in [0.05, 0.1) is 13.0 Å². The van der Waals surface area contributed by atoms with E-state index >= 15 is 0 Å². The van der Waals surface area contributed by atoms with E-state index in [9.17, 15) is 19.2 Å². The molecule has 0 saturated carbocycles. The van der Waals surface area contributed by atoms with Crippen molar-refractivity contribution in [3.63, 3.8) is 0 Å². The summed E-state index contributed by atoms with van der Waals surface area (Å²) in [5.74, 6) is -1.17. The number of amides is 3. The van der Waals surface area contributed by atoms with E-state index in [1.807, 2.05) is 39.8 Å². The highest BCUT2D eigenvalue weighted by Gasteiger charge is 2.38. The van der Waals surface area contributed by atoms with E-state index in [0.29, 0.717) is 18.4 Å². The third-order valence-electron chi connectivity index (χ3n) is 5.94. The van der Waals surface area contributed by atoms with Gasteiger partial charge < -0.3 is 25.0 Å². The number of hydrogen-bond acceptors (Lipinski definition) is 6. The summed E-state index contributed by atoms with van der Waals surface area (Å²) in [7, 11) is 0. The van der Waals surface area contributed by atoms with Gasteiger partial charge in [-0.1, -0.05) is 51.6 Å². The van der Waals surface area contributed by atoms with E-state index in [1.54, 1.807) is 45.9 Å². The number of nitrogens with zero attached hydrogens (tertiary/aromatic N) is 1. The van der Waals surface area contributed by atoms with Gasteiger partial charge in [0, 0.05) is 12.6 Å². The molecule has 3 amide bonds. The average Bonchev–Trinajstić information content (AvgIpc) is 2.84. The molecule has 2 N–H and O–H groups in total. The first-order valence-electron chi connectivity index (χ1n) is 13.7. The minimum Gasteiger partial charge on any atom is -0.466 e. The Kier molecular flexibility index (Phi) is 13.7. The van der Waals surface area contributed by atoms with Gasteiger partial charge in [0.25, 0.3) is 0 Å². The van der Waals surface area contributed by atoms with Gasteiger partial charge in [-0.3, -0.25) is 14.4 Å². The zero-order chi connectivity index (χ0) is 29.8. The molecule has 3 unspecified atom stereocenters. The first-order valence-corrected chi connectivity index (χ1v) is 13.7. The molecule has 0 radical (unpaired) electrons. The highest BCUT2D eigenvalue weighted by atomic mass is 16.6. The Labute approximate surface area is 233 Å². The highest BCUT2D eigenvalue weighted by molar-refractivity contribution is 5.92. The maximum atomic E-state index is 14.2. The van der Waals surface area contributed by atoms with Crippen molar-refractivity contribution < 1.29 is 28.7 Å². The number of rotatable bonds is 14. The van der Waals surface area contributed by atoms with Crippen molar-refractivity contribution in [2.45, 2.75) is 98.4 Å². The molecule has 0 spiro atoms. The molecule has 1 aromatic rings. The van der Waals surface area contributed by atoms with E-state index in [2.05, 4.69) is 17.2 Å². The number of carbonyl (C=O) groups excluding carboxylic acids is 4. The number of hydrogen-bond donors (Lipinski definition) is 2. The minimum atomic E-state index is -1.01. The molecule has 0 aliphatic rings. The van der Waals surface area contributed by atoms with Crippen LogP contribution in [0.4, 0.5) is 4.79 Å².